The summed E-state index contributed by atoms with van der Waals surface area (Å²) in [4.78, 5) is 12.5. The molecule has 2 aromatic rings. The average molecular weight is 343 g/mol. The summed E-state index contributed by atoms with van der Waals surface area (Å²) in [6.07, 6.45) is 0.188. The molecule has 0 aromatic heterocycles. The van der Waals surface area contributed by atoms with Crippen LogP contribution in [0.15, 0.2) is 48.5 Å². The normalized spacial score (nSPS) is 12.8. The molecule has 0 aliphatic carbocycles. The maximum absolute atomic E-state index is 12.5. The lowest BCUT2D eigenvalue weighted by Gasteiger charge is -2.21. The van der Waals surface area contributed by atoms with E-state index in [0.717, 1.165) is 23.5 Å². The third kappa shape index (κ3) is 5.14. The van der Waals surface area contributed by atoms with Gasteiger partial charge in [-0.25, -0.2) is 0 Å². The van der Waals surface area contributed by atoms with Crippen molar-refractivity contribution in [3.05, 3.63) is 54.1 Å². The Balaban J connectivity index is 1.97. The Bertz CT molecular complexity index is 667. The third-order valence-corrected chi connectivity index (χ3v) is 3.98. The van der Waals surface area contributed by atoms with Gasteiger partial charge in [0.05, 0.1) is 20.3 Å². The van der Waals surface area contributed by atoms with Crippen LogP contribution in [0, 0.1) is 0 Å². The summed E-state index contributed by atoms with van der Waals surface area (Å²) < 4.78 is 16.0. The first kappa shape index (κ1) is 18.6. The van der Waals surface area contributed by atoms with Crippen molar-refractivity contribution in [3.63, 3.8) is 0 Å². The van der Waals surface area contributed by atoms with Crippen LogP contribution in [-0.4, -0.2) is 26.2 Å². The van der Waals surface area contributed by atoms with Crippen LogP contribution >= 0.6 is 0 Å². The summed E-state index contributed by atoms with van der Waals surface area (Å²) in [5.41, 5.74) is 1.04. The minimum Gasteiger partial charge on any atom is -0.497 e. The molecule has 1 N–H and O–H groups in total. The molecule has 2 aromatic carbocycles. The maximum atomic E-state index is 12.5. The minimum absolute atomic E-state index is 0.0691. The lowest BCUT2D eigenvalue weighted by atomic mass is 10.0. The number of amides is 1. The van der Waals surface area contributed by atoms with E-state index < -0.39 is 6.10 Å². The van der Waals surface area contributed by atoms with Crippen molar-refractivity contribution in [2.75, 3.05) is 14.2 Å². The number of hydrogen-bond acceptors (Lipinski definition) is 4. The van der Waals surface area contributed by atoms with Gasteiger partial charge in [-0.05, 0) is 55.3 Å². The lowest BCUT2D eigenvalue weighted by Crippen LogP contribution is -2.38. The van der Waals surface area contributed by atoms with Gasteiger partial charge in [-0.15, -0.1) is 0 Å². The van der Waals surface area contributed by atoms with Crippen molar-refractivity contribution in [2.45, 2.75) is 32.4 Å². The van der Waals surface area contributed by atoms with Gasteiger partial charge in [0, 0.05) is 0 Å². The molecule has 0 unspecified atom stereocenters. The van der Waals surface area contributed by atoms with E-state index in [1.807, 2.05) is 31.2 Å². The number of ether oxygens (including phenoxy) is 3. The molecule has 5 nitrogen and oxygen atoms in total. The van der Waals surface area contributed by atoms with Gasteiger partial charge in [-0.2, -0.15) is 0 Å². The molecule has 0 heterocycles. The Morgan fingerprint density at radius 3 is 1.88 bits per heavy atom. The minimum atomic E-state index is -0.597. The summed E-state index contributed by atoms with van der Waals surface area (Å²) in [5.74, 6) is 2.01. The van der Waals surface area contributed by atoms with Crippen LogP contribution in [0.5, 0.6) is 17.2 Å². The molecule has 0 aliphatic rings. The van der Waals surface area contributed by atoms with Crippen LogP contribution in [0.3, 0.4) is 0 Å². The SMILES string of the molecule is CC[C@@H](NC(=O)[C@@H](C)Oc1ccc(OC)cc1)c1ccc(OC)cc1. The first-order valence-electron chi connectivity index (χ1n) is 8.32. The van der Waals surface area contributed by atoms with E-state index in [2.05, 4.69) is 5.32 Å². The predicted octanol–water partition coefficient (Wildman–Crippen LogP) is 3.74. The molecule has 0 aliphatic heterocycles. The van der Waals surface area contributed by atoms with E-state index in [0.29, 0.717) is 5.75 Å². The molecule has 0 saturated heterocycles. The first-order chi connectivity index (χ1) is 12.1. The number of rotatable bonds is 8. The van der Waals surface area contributed by atoms with Crippen LogP contribution in [0.4, 0.5) is 0 Å². The molecule has 25 heavy (non-hydrogen) atoms. The second-order valence-corrected chi connectivity index (χ2v) is 5.68. The zero-order chi connectivity index (χ0) is 18.2. The fourth-order valence-electron chi connectivity index (χ4n) is 2.46. The molecule has 134 valence electrons. The molecule has 2 rings (SSSR count). The fourth-order valence-corrected chi connectivity index (χ4v) is 2.46. The molecule has 0 spiro atoms. The van der Waals surface area contributed by atoms with Crippen molar-refractivity contribution < 1.29 is 19.0 Å². The standard InChI is InChI=1S/C20H25NO4/c1-5-19(15-6-8-16(23-3)9-7-15)21-20(22)14(2)25-18-12-10-17(24-4)11-13-18/h6-14,19H,5H2,1-4H3,(H,21,22)/t14-,19-/m1/s1. The number of hydrogen-bond donors (Lipinski definition) is 1. The highest BCUT2D eigenvalue weighted by molar-refractivity contribution is 5.81. The molecule has 0 bridgehead atoms. The van der Waals surface area contributed by atoms with Gasteiger partial charge < -0.3 is 19.5 Å². The van der Waals surface area contributed by atoms with Crippen LogP contribution in [0.25, 0.3) is 0 Å². The largest absolute Gasteiger partial charge is 0.497 e. The van der Waals surface area contributed by atoms with Gasteiger partial charge in [0.25, 0.3) is 5.91 Å². The summed E-state index contributed by atoms with van der Waals surface area (Å²) >= 11 is 0. The summed E-state index contributed by atoms with van der Waals surface area (Å²) in [7, 11) is 3.24. The zero-order valence-electron chi connectivity index (χ0n) is 15.1. The Kier molecular flexibility index (Phi) is 6.69. The smallest absolute Gasteiger partial charge is 0.261 e. The second kappa shape index (κ2) is 8.97. The van der Waals surface area contributed by atoms with Crippen LogP contribution < -0.4 is 19.5 Å². The highest BCUT2D eigenvalue weighted by atomic mass is 16.5. The number of carbonyl (C=O) groups is 1. The van der Waals surface area contributed by atoms with Crippen molar-refractivity contribution in [3.8, 4) is 17.2 Å². The molecule has 2 atom stereocenters. The number of carbonyl (C=O) groups excluding carboxylic acids is 1. The zero-order valence-corrected chi connectivity index (χ0v) is 15.1. The maximum Gasteiger partial charge on any atom is 0.261 e. The molecule has 5 heteroatoms. The molecule has 0 radical (unpaired) electrons. The number of methoxy groups -OCH3 is 2. The van der Waals surface area contributed by atoms with Gasteiger partial charge in [0.1, 0.15) is 17.2 Å². The van der Waals surface area contributed by atoms with Gasteiger partial charge >= 0.3 is 0 Å². The Labute approximate surface area is 148 Å². The average Bonchev–Trinajstić information content (AvgIpc) is 2.66. The topological polar surface area (TPSA) is 56.8 Å². The Hall–Kier alpha value is -2.69. The van der Waals surface area contributed by atoms with Crippen LogP contribution in [0.2, 0.25) is 0 Å². The lowest BCUT2D eigenvalue weighted by molar-refractivity contribution is -0.128. The second-order valence-electron chi connectivity index (χ2n) is 5.68. The van der Waals surface area contributed by atoms with Gasteiger partial charge in [-0.3, -0.25) is 4.79 Å². The summed E-state index contributed by atoms with van der Waals surface area (Å²) in [6, 6.07) is 14.8. The number of nitrogens with one attached hydrogen (secondary N) is 1. The Morgan fingerprint density at radius 1 is 0.920 bits per heavy atom. The van der Waals surface area contributed by atoms with Gasteiger partial charge in [-0.1, -0.05) is 19.1 Å². The van der Waals surface area contributed by atoms with Crippen molar-refractivity contribution in [2.24, 2.45) is 0 Å². The third-order valence-electron chi connectivity index (χ3n) is 3.98. The van der Waals surface area contributed by atoms with Gasteiger partial charge in [0.15, 0.2) is 6.10 Å². The predicted molar refractivity (Wildman–Crippen MR) is 97.3 cm³/mol. The molecular weight excluding hydrogens is 318 g/mol. The molecule has 0 saturated carbocycles. The Morgan fingerprint density at radius 2 is 1.40 bits per heavy atom. The molecular formula is C20H25NO4. The van der Waals surface area contributed by atoms with E-state index >= 15 is 0 Å². The van der Waals surface area contributed by atoms with E-state index in [9.17, 15) is 4.79 Å². The molecule has 0 fully saturated rings. The van der Waals surface area contributed by atoms with E-state index in [1.54, 1.807) is 45.4 Å². The highest BCUT2D eigenvalue weighted by Gasteiger charge is 2.19. The summed E-state index contributed by atoms with van der Waals surface area (Å²) in [5, 5.41) is 3.03. The monoisotopic (exact) mass is 343 g/mol. The van der Waals surface area contributed by atoms with Gasteiger partial charge in [0.2, 0.25) is 0 Å². The van der Waals surface area contributed by atoms with Crippen molar-refractivity contribution in [1.82, 2.24) is 5.32 Å². The van der Waals surface area contributed by atoms with Crippen molar-refractivity contribution >= 4 is 5.91 Å². The fraction of sp³-hybridized carbons (Fsp3) is 0.350. The van der Waals surface area contributed by atoms with Crippen LogP contribution in [0.1, 0.15) is 31.9 Å². The van der Waals surface area contributed by atoms with E-state index in [4.69, 9.17) is 14.2 Å². The number of benzene rings is 2. The first-order valence-corrected chi connectivity index (χ1v) is 8.32. The quantitative estimate of drug-likeness (QED) is 0.793. The summed E-state index contributed by atoms with van der Waals surface area (Å²) in [6.45, 7) is 3.77. The van der Waals surface area contributed by atoms with E-state index in [1.165, 1.54) is 0 Å². The highest BCUT2D eigenvalue weighted by Crippen LogP contribution is 2.21. The van der Waals surface area contributed by atoms with Crippen LogP contribution in [-0.2, 0) is 4.79 Å². The van der Waals surface area contributed by atoms with Crippen molar-refractivity contribution in [1.29, 1.82) is 0 Å². The van der Waals surface area contributed by atoms with E-state index in [-0.39, 0.29) is 11.9 Å². The molecule has 1 amide bonds.